The SMILES string of the molecule is COc1ccc(C(=O)N2CCc3nc(Nc4ccc(C#N)cc4)nc(Oc4c(C)cc(C#N)cc4C)c3C2)cc1. The van der Waals surface area contributed by atoms with Gasteiger partial charge in [-0.05, 0) is 85.6 Å². The molecule has 0 atom stereocenters. The van der Waals surface area contributed by atoms with Gasteiger partial charge in [0.1, 0.15) is 11.5 Å². The van der Waals surface area contributed by atoms with Crippen LogP contribution in [0.1, 0.15) is 43.9 Å². The van der Waals surface area contributed by atoms with Crippen LogP contribution in [0.5, 0.6) is 17.4 Å². The Balaban J connectivity index is 1.51. The third-order valence-electron chi connectivity index (χ3n) is 6.70. The molecule has 5 rings (SSSR count). The number of methoxy groups -OCH3 is 1. The van der Waals surface area contributed by atoms with Gasteiger partial charge in [-0.3, -0.25) is 4.79 Å². The number of ether oxygens (including phenoxy) is 2. The molecule has 9 heteroatoms. The minimum Gasteiger partial charge on any atom is -0.497 e. The zero-order valence-electron chi connectivity index (χ0n) is 22.4. The maximum absolute atomic E-state index is 13.4. The molecular weight excluding hydrogens is 504 g/mol. The first-order valence-corrected chi connectivity index (χ1v) is 12.7. The fourth-order valence-corrected chi connectivity index (χ4v) is 4.64. The predicted molar refractivity (Wildman–Crippen MR) is 149 cm³/mol. The number of nitrogens with one attached hydrogen (secondary N) is 1. The second-order valence-corrected chi connectivity index (χ2v) is 9.45. The van der Waals surface area contributed by atoms with Crippen LogP contribution in [0.3, 0.4) is 0 Å². The molecule has 1 amide bonds. The van der Waals surface area contributed by atoms with Gasteiger partial charge in [0.2, 0.25) is 11.8 Å². The number of fused-ring (bicyclic) bond motifs is 1. The minimum absolute atomic E-state index is 0.107. The van der Waals surface area contributed by atoms with Crippen molar-refractivity contribution in [1.29, 1.82) is 10.5 Å². The number of rotatable bonds is 6. The smallest absolute Gasteiger partial charge is 0.254 e. The number of carbonyl (C=O) groups excluding carboxylic acids is 1. The number of nitriles is 2. The molecule has 4 aromatic rings. The summed E-state index contributed by atoms with van der Waals surface area (Å²) in [6.45, 7) is 4.53. The summed E-state index contributed by atoms with van der Waals surface area (Å²) in [4.78, 5) is 24.6. The highest BCUT2D eigenvalue weighted by molar-refractivity contribution is 5.94. The maximum Gasteiger partial charge on any atom is 0.254 e. The highest BCUT2D eigenvalue weighted by Crippen LogP contribution is 2.35. The molecule has 0 bridgehead atoms. The Morgan fingerprint density at radius 3 is 2.25 bits per heavy atom. The molecule has 0 saturated carbocycles. The molecule has 0 aliphatic carbocycles. The van der Waals surface area contributed by atoms with E-state index >= 15 is 0 Å². The Hall–Kier alpha value is -5.41. The molecule has 2 heterocycles. The van der Waals surface area contributed by atoms with Gasteiger partial charge >= 0.3 is 0 Å². The number of nitrogens with zero attached hydrogens (tertiary/aromatic N) is 5. The Morgan fingerprint density at radius 1 is 0.950 bits per heavy atom. The topological polar surface area (TPSA) is 124 Å². The van der Waals surface area contributed by atoms with E-state index in [-0.39, 0.29) is 12.5 Å². The Morgan fingerprint density at radius 2 is 1.62 bits per heavy atom. The lowest BCUT2D eigenvalue weighted by molar-refractivity contribution is 0.0732. The first-order valence-electron chi connectivity index (χ1n) is 12.7. The molecule has 198 valence electrons. The summed E-state index contributed by atoms with van der Waals surface area (Å²) in [5.74, 6) is 1.86. The van der Waals surface area contributed by atoms with Crippen molar-refractivity contribution in [3.63, 3.8) is 0 Å². The molecule has 0 unspecified atom stereocenters. The molecule has 1 aromatic heterocycles. The quantitative estimate of drug-likeness (QED) is 0.343. The molecule has 40 heavy (non-hydrogen) atoms. The van der Waals surface area contributed by atoms with Crippen LogP contribution in [0.25, 0.3) is 0 Å². The largest absolute Gasteiger partial charge is 0.497 e. The molecule has 1 aliphatic heterocycles. The van der Waals surface area contributed by atoms with E-state index in [1.165, 1.54) is 0 Å². The number of aryl methyl sites for hydroxylation is 2. The average Bonchev–Trinajstić information content (AvgIpc) is 2.98. The zero-order chi connectivity index (χ0) is 28.2. The van der Waals surface area contributed by atoms with Gasteiger partial charge in [-0.25, -0.2) is 4.98 Å². The summed E-state index contributed by atoms with van der Waals surface area (Å²) in [5.41, 5.74) is 5.49. The van der Waals surface area contributed by atoms with Gasteiger partial charge in [-0.2, -0.15) is 15.5 Å². The van der Waals surface area contributed by atoms with Crippen LogP contribution < -0.4 is 14.8 Å². The van der Waals surface area contributed by atoms with E-state index in [1.807, 2.05) is 13.8 Å². The summed E-state index contributed by atoms with van der Waals surface area (Å²) in [7, 11) is 1.59. The molecule has 0 radical (unpaired) electrons. The highest BCUT2D eigenvalue weighted by atomic mass is 16.5. The first-order chi connectivity index (χ1) is 19.4. The number of hydrogen-bond acceptors (Lipinski definition) is 8. The summed E-state index contributed by atoms with van der Waals surface area (Å²) in [5, 5.41) is 21.7. The molecule has 1 N–H and O–H groups in total. The summed E-state index contributed by atoms with van der Waals surface area (Å²) in [6.07, 6.45) is 0.517. The molecule has 0 fully saturated rings. The summed E-state index contributed by atoms with van der Waals surface area (Å²) >= 11 is 0. The van der Waals surface area contributed by atoms with E-state index in [1.54, 1.807) is 72.7 Å². The van der Waals surface area contributed by atoms with Crippen molar-refractivity contribution < 1.29 is 14.3 Å². The number of benzene rings is 3. The van der Waals surface area contributed by atoms with Gasteiger partial charge in [-0.15, -0.1) is 0 Å². The fraction of sp³-hybridized carbons (Fsp3) is 0.194. The van der Waals surface area contributed by atoms with E-state index < -0.39 is 0 Å². The van der Waals surface area contributed by atoms with Crippen LogP contribution in [0.15, 0.2) is 60.7 Å². The minimum atomic E-state index is -0.107. The van der Waals surface area contributed by atoms with Crippen LogP contribution >= 0.6 is 0 Å². The number of carbonyl (C=O) groups is 1. The molecule has 3 aromatic carbocycles. The van der Waals surface area contributed by atoms with Crippen molar-refractivity contribution in [2.75, 3.05) is 19.0 Å². The standard InChI is InChI=1S/C31H26N6O3/c1-19-14-22(17-33)15-20(2)28(19)40-29-26-18-37(30(38)23-6-10-25(39-3)11-7-23)13-12-27(26)35-31(36-29)34-24-8-4-21(16-32)5-9-24/h4-11,14-15H,12-13,18H2,1-3H3,(H,34,35,36). The number of anilines is 2. The van der Waals surface area contributed by atoms with E-state index in [9.17, 15) is 10.1 Å². The van der Waals surface area contributed by atoms with Gasteiger partial charge in [0, 0.05) is 24.2 Å². The number of aromatic nitrogens is 2. The normalized spacial score (nSPS) is 12.1. The van der Waals surface area contributed by atoms with Crippen molar-refractivity contribution in [2.24, 2.45) is 0 Å². The van der Waals surface area contributed by atoms with E-state index in [2.05, 4.69) is 17.5 Å². The van der Waals surface area contributed by atoms with Crippen LogP contribution in [-0.2, 0) is 13.0 Å². The summed E-state index contributed by atoms with van der Waals surface area (Å²) < 4.78 is 11.6. The number of hydrogen-bond donors (Lipinski definition) is 1. The molecule has 1 aliphatic rings. The van der Waals surface area contributed by atoms with Gasteiger partial charge in [0.05, 0.1) is 48.2 Å². The van der Waals surface area contributed by atoms with E-state index in [0.29, 0.717) is 53.0 Å². The second-order valence-electron chi connectivity index (χ2n) is 9.45. The maximum atomic E-state index is 13.4. The number of amides is 1. The van der Waals surface area contributed by atoms with Crippen LogP contribution in [0, 0.1) is 36.5 Å². The van der Waals surface area contributed by atoms with Crippen molar-refractivity contribution in [1.82, 2.24) is 14.9 Å². The van der Waals surface area contributed by atoms with Crippen LogP contribution in [0.4, 0.5) is 11.6 Å². The van der Waals surface area contributed by atoms with Crippen molar-refractivity contribution in [2.45, 2.75) is 26.8 Å². The first kappa shape index (κ1) is 26.2. The Bertz CT molecular complexity index is 1650. The lowest BCUT2D eigenvalue weighted by Gasteiger charge is -2.29. The second kappa shape index (κ2) is 11.1. The Kier molecular flexibility index (Phi) is 7.30. The third-order valence-corrected chi connectivity index (χ3v) is 6.70. The molecule has 0 saturated heterocycles. The van der Waals surface area contributed by atoms with Gasteiger partial charge in [-0.1, -0.05) is 0 Å². The average molecular weight is 531 g/mol. The lowest BCUT2D eigenvalue weighted by Crippen LogP contribution is -2.36. The van der Waals surface area contributed by atoms with Crippen molar-refractivity contribution in [3.8, 4) is 29.5 Å². The highest BCUT2D eigenvalue weighted by Gasteiger charge is 2.28. The zero-order valence-corrected chi connectivity index (χ0v) is 22.4. The molecule has 0 spiro atoms. The van der Waals surface area contributed by atoms with Crippen LogP contribution in [-0.4, -0.2) is 34.4 Å². The van der Waals surface area contributed by atoms with Gasteiger partial charge in [0.15, 0.2) is 0 Å². The van der Waals surface area contributed by atoms with Crippen LogP contribution in [0.2, 0.25) is 0 Å². The fourth-order valence-electron chi connectivity index (χ4n) is 4.64. The monoisotopic (exact) mass is 530 g/mol. The molecule has 9 nitrogen and oxygen atoms in total. The third kappa shape index (κ3) is 5.40. The predicted octanol–water partition coefficient (Wildman–Crippen LogP) is 5.58. The van der Waals surface area contributed by atoms with Crippen molar-refractivity contribution >= 4 is 17.5 Å². The summed E-state index contributed by atoms with van der Waals surface area (Å²) in [6, 6.07) is 21.8. The van der Waals surface area contributed by atoms with Crippen molar-refractivity contribution in [3.05, 3.63) is 99.7 Å². The molecular formula is C31H26N6O3. The van der Waals surface area contributed by atoms with E-state index in [4.69, 9.17) is 24.7 Å². The Labute approximate surface area is 232 Å². The van der Waals surface area contributed by atoms with Gasteiger partial charge in [0.25, 0.3) is 5.91 Å². The van der Waals surface area contributed by atoms with E-state index in [0.717, 1.165) is 28.1 Å². The van der Waals surface area contributed by atoms with Gasteiger partial charge < -0.3 is 19.7 Å². The lowest BCUT2D eigenvalue weighted by atomic mass is 10.0.